The number of rotatable bonds is 8. The summed E-state index contributed by atoms with van der Waals surface area (Å²) in [5, 5.41) is 7.11. The van der Waals surface area contributed by atoms with Gasteiger partial charge in [-0.25, -0.2) is 4.98 Å². The fourth-order valence-electron chi connectivity index (χ4n) is 4.33. The van der Waals surface area contributed by atoms with Crippen LogP contribution in [-0.2, 0) is 13.0 Å². The molecule has 7 nitrogen and oxygen atoms in total. The predicted octanol–water partition coefficient (Wildman–Crippen LogP) is 4.76. The first kappa shape index (κ1) is 22.0. The number of anilines is 2. The molecule has 174 valence electrons. The second kappa shape index (κ2) is 9.97. The van der Waals surface area contributed by atoms with Crippen molar-refractivity contribution >= 4 is 28.4 Å². The first-order valence-corrected chi connectivity index (χ1v) is 11.6. The Hall–Kier alpha value is -3.84. The number of nitrogens with one attached hydrogen (secondary N) is 2. The lowest BCUT2D eigenvalue weighted by atomic mass is 10.00. The fraction of sp³-hybridized carbons (Fsp3) is 0.259. The van der Waals surface area contributed by atoms with Crippen LogP contribution in [-0.4, -0.2) is 42.5 Å². The standard InChI is InChI=1S/C27H28N4O3/c1-33-22-9-7-21(8-10-22)29-26-23-12-16-34-25(23)17-24(30-26)27(32)28-13-4-14-31-15-11-19-5-2-3-6-20(19)18-31/h2-3,5-10,12,16-17H,4,11,13-15,18H2,1H3,(H,28,32)(H,29,30). The van der Waals surface area contributed by atoms with Crippen molar-refractivity contribution in [1.29, 1.82) is 0 Å². The van der Waals surface area contributed by atoms with Crippen LogP contribution in [0, 0.1) is 0 Å². The van der Waals surface area contributed by atoms with Crippen LogP contribution in [0.5, 0.6) is 5.75 Å². The van der Waals surface area contributed by atoms with Gasteiger partial charge in [0, 0.05) is 37.9 Å². The number of methoxy groups -OCH3 is 1. The van der Waals surface area contributed by atoms with E-state index in [-0.39, 0.29) is 5.91 Å². The molecule has 2 aromatic heterocycles. The third-order valence-corrected chi connectivity index (χ3v) is 6.18. The van der Waals surface area contributed by atoms with E-state index in [1.807, 2.05) is 30.3 Å². The van der Waals surface area contributed by atoms with Crippen molar-refractivity contribution in [3.63, 3.8) is 0 Å². The van der Waals surface area contributed by atoms with Gasteiger partial charge in [0.1, 0.15) is 22.8 Å². The Kier molecular flexibility index (Phi) is 6.44. The zero-order valence-corrected chi connectivity index (χ0v) is 19.2. The van der Waals surface area contributed by atoms with Crippen molar-refractivity contribution in [3.8, 4) is 5.75 Å². The minimum Gasteiger partial charge on any atom is -0.497 e. The number of ether oxygens (including phenoxy) is 1. The van der Waals surface area contributed by atoms with Crippen LogP contribution in [0.25, 0.3) is 11.0 Å². The molecule has 7 heteroatoms. The summed E-state index contributed by atoms with van der Waals surface area (Å²) < 4.78 is 10.8. The largest absolute Gasteiger partial charge is 0.497 e. The van der Waals surface area contributed by atoms with Crippen LogP contribution in [0.1, 0.15) is 28.0 Å². The van der Waals surface area contributed by atoms with Gasteiger partial charge in [0.15, 0.2) is 0 Å². The minimum atomic E-state index is -0.208. The quantitative estimate of drug-likeness (QED) is 0.372. The van der Waals surface area contributed by atoms with E-state index in [0.29, 0.717) is 23.6 Å². The molecule has 3 heterocycles. The van der Waals surface area contributed by atoms with Gasteiger partial charge in [0.25, 0.3) is 5.91 Å². The molecule has 1 aliphatic heterocycles. The average Bonchev–Trinajstić information content (AvgIpc) is 3.36. The fourth-order valence-corrected chi connectivity index (χ4v) is 4.33. The second-order valence-corrected chi connectivity index (χ2v) is 8.45. The van der Waals surface area contributed by atoms with Gasteiger partial charge < -0.3 is 19.8 Å². The first-order valence-electron chi connectivity index (χ1n) is 11.6. The number of hydrogen-bond acceptors (Lipinski definition) is 6. The van der Waals surface area contributed by atoms with E-state index in [4.69, 9.17) is 9.15 Å². The van der Waals surface area contributed by atoms with Crippen LogP contribution in [0.2, 0.25) is 0 Å². The molecule has 2 aromatic carbocycles. The summed E-state index contributed by atoms with van der Waals surface area (Å²) in [5.74, 6) is 1.14. The van der Waals surface area contributed by atoms with E-state index < -0.39 is 0 Å². The third-order valence-electron chi connectivity index (χ3n) is 6.18. The molecule has 0 unspecified atom stereocenters. The monoisotopic (exact) mass is 456 g/mol. The Labute approximate surface area is 198 Å². The summed E-state index contributed by atoms with van der Waals surface area (Å²) in [6, 6.07) is 19.7. The maximum atomic E-state index is 12.8. The highest BCUT2D eigenvalue weighted by molar-refractivity contribution is 5.99. The molecule has 0 radical (unpaired) electrons. The molecule has 0 saturated heterocycles. The maximum absolute atomic E-state index is 12.8. The summed E-state index contributed by atoms with van der Waals surface area (Å²) in [4.78, 5) is 19.9. The van der Waals surface area contributed by atoms with E-state index >= 15 is 0 Å². The summed E-state index contributed by atoms with van der Waals surface area (Å²) in [6.45, 7) is 3.57. The predicted molar refractivity (Wildman–Crippen MR) is 133 cm³/mol. The zero-order valence-electron chi connectivity index (χ0n) is 19.2. The molecule has 4 aromatic rings. The highest BCUT2D eigenvalue weighted by Crippen LogP contribution is 2.27. The van der Waals surface area contributed by atoms with Crippen LogP contribution >= 0.6 is 0 Å². The van der Waals surface area contributed by atoms with Crippen molar-refractivity contribution < 1.29 is 13.9 Å². The van der Waals surface area contributed by atoms with Gasteiger partial charge in [0.2, 0.25) is 0 Å². The van der Waals surface area contributed by atoms with E-state index in [1.165, 1.54) is 11.1 Å². The van der Waals surface area contributed by atoms with Gasteiger partial charge in [-0.05, 0) is 54.3 Å². The number of aromatic nitrogens is 1. The summed E-state index contributed by atoms with van der Waals surface area (Å²) in [7, 11) is 1.63. The molecule has 5 rings (SSSR count). The highest BCUT2D eigenvalue weighted by atomic mass is 16.5. The number of furan rings is 1. The number of amides is 1. The maximum Gasteiger partial charge on any atom is 0.270 e. The SMILES string of the molecule is COc1ccc(Nc2nc(C(=O)NCCCN3CCc4ccccc4C3)cc3occc23)cc1. The van der Waals surface area contributed by atoms with Gasteiger partial charge in [-0.15, -0.1) is 0 Å². The topological polar surface area (TPSA) is 79.6 Å². The Morgan fingerprint density at radius 3 is 2.76 bits per heavy atom. The molecule has 0 saturated carbocycles. The summed E-state index contributed by atoms with van der Waals surface area (Å²) >= 11 is 0. The number of pyridine rings is 1. The van der Waals surface area contributed by atoms with Crippen molar-refractivity contribution in [3.05, 3.63) is 83.7 Å². The van der Waals surface area contributed by atoms with Crippen LogP contribution < -0.4 is 15.4 Å². The molecular formula is C27H28N4O3. The average molecular weight is 457 g/mol. The lowest BCUT2D eigenvalue weighted by molar-refractivity contribution is 0.0946. The summed E-state index contributed by atoms with van der Waals surface area (Å²) in [6.07, 6.45) is 3.57. The first-order chi connectivity index (χ1) is 16.7. The van der Waals surface area contributed by atoms with Gasteiger partial charge >= 0.3 is 0 Å². The molecule has 0 bridgehead atoms. The number of benzene rings is 2. The molecule has 0 aliphatic carbocycles. The van der Waals surface area contributed by atoms with Crippen molar-refractivity contribution in [2.75, 3.05) is 32.1 Å². The molecular weight excluding hydrogens is 428 g/mol. The van der Waals surface area contributed by atoms with E-state index in [2.05, 4.69) is 44.8 Å². The van der Waals surface area contributed by atoms with Crippen molar-refractivity contribution in [2.24, 2.45) is 0 Å². The van der Waals surface area contributed by atoms with E-state index in [0.717, 1.165) is 49.3 Å². The molecule has 0 fully saturated rings. The van der Waals surface area contributed by atoms with E-state index in [9.17, 15) is 4.79 Å². The number of hydrogen-bond donors (Lipinski definition) is 2. The minimum absolute atomic E-state index is 0.208. The van der Waals surface area contributed by atoms with Crippen LogP contribution in [0.4, 0.5) is 11.5 Å². The van der Waals surface area contributed by atoms with E-state index in [1.54, 1.807) is 19.4 Å². The normalized spacial score (nSPS) is 13.4. The summed E-state index contributed by atoms with van der Waals surface area (Å²) in [5.41, 5.74) is 4.64. The zero-order chi connectivity index (χ0) is 23.3. The highest BCUT2D eigenvalue weighted by Gasteiger charge is 2.16. The molecule has 2 N–H and O–H groups in total. The molecule has 0 spiro atoms. The van der Waals surface area contributed by atoms with Gasteiger partial charge in [0.05, 0.1) is 18.8 Å². The van der Waals surface area contributed by atoms with Crippen LogP contribution in [0.15, 0.2) is 71.3 Å². The number of fused-ring (bicyclic) bond motifs is 2. The van der Waals surface area contributed by atoms with Gasteiger partial charge in [-0.2, -0.15) is 0 Å². The Morgan fingerprint density at radius 1 is 1.12 bits per heavy atom. The van der Waals surface area contributed by atoms with Crippen molar-refractivity contribution in [1.82, 2.24) is 15.2 Å². The Balaban J connectivity index is 1.19. The third kappa shape index (κ3) is 4.89. The molecule has 1 aliphatic rings. The van der Waals surface area contributed by atoms with Gasteiger partial charge in [-0.3, -0.25) is 9.69 Å². The van der Waals surface area contributed by atoms with Crippen LogP contribution in [0.3, 0.4) is 0 Å². The van der Waals surface area contributed by atoms with Gasteiger partial charge in [-0.1, -0.05) is 24.3 Å². The molecule has 34 heavy (non-hydrogen) atoms. The Bertz CT molecular complexity index is 1280. The lowest BCUT2D eigenvalue weighted by Crippen LogP contribution is -2.33. The lowest BCUT2D eigenvalue weighted by Gasteiger charge is -2.28. The number of carbonyl (C=O) groups is 1. The Morgan fingerprint density at radius 2 is 1.94 bits per heavy atom. The smallest absolute Gasteiger partial charge is 0.270 e. The van der Waals surface area contributed by atoms with Crippen molar-refractivity contribution in [2.45, 2.75) is 19.4 Å². The molecule has 0 atom stereocenters. The number of nitrogens with zero attached hydrogens (tertiary/aromatic N) is 2. The second-order valence-electron chi connectivity index (χ2n) is 8.45. The molecule has 1 amide bonds. The number of carbonyl (C=O) groups excluding carboxylic acids is 1.